The number of nitrogens with one attached hydrogen (secondary N) is 2. The van der Waals surface area contributed by atoms with Crippen LogP contribution in [-0.4, -0.2) is 20.9 Å². The lowest BCUT2D eigenvalue weighted by Gasteiger charge is -2.10. The number of alkyl halides is 2. The number of benzene rings is 3. The predicted octanol–water partition coefficient (Wildman–Crippen LogP) is 4.41. The molecular weight excluding hydrogens is 433 g/mol. The molecule has 0 atom stereocenters. The zero-order chi connectivity index (χ0) is 22.4. The van der Waals surface area contributed by atoms with Gasteiger partial charge < -0.3 is 10.1 Å². The lowest BCUT2D eigenvalue weighted by molar-refractivity contribution is -0.115. The Balaban J connectivity index is 1.60. The molecule has 162 valence electrons. The number of ether oxygens (including phenoxy) is 1. The molecule has 2 N–H and O–H groups in total. The first kappa shape index (κ1) is 22.2. The minimum atomic E-state index is -3.88. The van der Waals surface area contributed by atoms with E-state index in [-0.39, 0.29) is 22.8 Å². The molecule has 0 saturated carbocycles. The quantitative estimate of drug-likeness (QED) is 0.533. The van der Waals surface area contributed by atoms with Gasteiger partial charge in [-0.25, -0.2) is 12.8 Å². The van der Waals surface area contributed by atoms with Crippen molar-refractivity contribution in [3.05, 3.63) is 84.2 Å². The molecule has 31 heavy (non-hydrogen) atoms. The minimum absolute atomic E-state index is 0.0229. The Morgan fingerprint density at radius 3 is 2.26 bits per heavy atom. The van der Waals surface area contributed by atoms with Crippen molar-refractivity contribution in [3.63, 3.8) is 0 Å². The topological polar surface area (TPSA) is 84.5 Å². The van der Waals surface area contributed by atoms with Crippen molar-refractivity contribution in [1.82, 2.24) is 0 Å². The van der Waals surface area contributed by atoms with Crippen molar-refractivity contribution in [2.24, 2.45) is 0 Å². The largest absolute Gasteiger partial charge is 0.435 e. The number of anilines is 2. The Hall–Kier alpha value is -3.53. The predicted molar refractivity (Wildman–Crippen MR) is 109 cm³/mol. The molecule has 0 aliphatic rings. The van der Waals surface area contributed by atoms with Gasteiger partial charge in [0.15, 0.2) is 0 Å². The molecule has 0 radical (unpaired) electrons. The van der Waals surface area contributed by atoms with Gasteiger partial charge in [-0.05, 0) is 54.1 Å². The summed E-state index contributed by atoms with van der Waals surface area (Å²) in [5, 5.41) is 2.58. The summed E-state index contributed by atoms with van der Waals surface area (Å²) in [6.07, 6.45) is -0.0229. The van der Waals surface area contributed by atoms with Crippen LogP contribution in [-0.2, 0) is 21.2 Å². The summed E-state index contributed by atoms with van der Waals surface area (Å²) < 4.78 is 68.8. The molecule has 3 rings (SSSR count). The van der Waals surface area contributed by atoms with Crippen LogP contribution >= 0.6 is 0 Å². The van der Waals surface area contributed by atoms with Crippen LogP contribution in [0.1, 0.15) is 5.56 Å². The molecule has 1 amide bonds. The van der Waals surface area contributed by atoms with Crippen LogP contribution in [0.4, 0.5) is 24.5 Å². The van der Waals surface area contributed by atoms with E-state index in [1.54, 1.807) is 12.1 Å². The van der Waals surface area contributed by atoms with Crippen molar-refractivity contribution < 1.29 is 31.1 Å². The Bertz CT molecular complexity index is 1150. The molecule has 0 bridgehead atoms. The lowest BCUT2D eigenvalue weighted by atomic mass is 10.1. The standard InChI is InChI=1S/C21H17F3N2O4S/c22-15-6-10-19(11-7-15)31(28,29)26-16-8-4-14(5-9-16)12-20(27)25-17-2-1-3-18(13-17)30-21(23)24/h1-11,13,21,26H,12H2,(H,25,27). The van der Waals surface area contributed by atoms with Crippen LogP contribution in [0.2, 0.25) is 0 Å². The van der Waals surface area contributed by atoms with E-state index in [2.05, 4.69) is 14.8 Å². The maximum absolute atomic E-state index is 13.0. The number of rotatable bonds is 8. The van der Waals surface area contributed by atoms with E-state index in [1.165, 1.54) is 36.4 Å². The average molecular weight is 450 g/mol. The summed E-state index contributed by atoms with van der Waals surface area (Å²) in [7, 11) is -3.88. The minimum Gasteiger partial charge on any atom is -0.435 e. The molecule has 0 saturated heterocycles. The van der Waals surface area contributed by atoms with Gasteiger partial charge in [0.05, 0.1) is 11.3 Å². The Morgan fingerprint density at radius 2 is 1.61 bits per heavy atom. The number of amides is 1. The third kappa shape index (κ3) is 6.48. The average Bonchev–Trinajstić information content (AvgIpc) is 2.69. The molecule has 3 aromatic carbocycles. The monoisotopic (exact) mass is 450 g/mol. The van der Waals surface area contributed by atoms with Crippen molar-refractivity contribution in [3.8, 4) is 5.75 Å². The smallest absolute Gasteiger partial charge is 0.387 e. The first-order valence-corrected chi connectivity index (χ1v) is 10.4. The fraction of sp³-hybridized carbons (Fsp3) is 0.0952. The lowest BCUT2D eigenvalue weighted by Crippen LogP contribution is -2.15. The van der Waals surface area contributed by atoms with Gasteiger partial charge in [0, 0.05) is 17.4 Å². The first-order chi connectivity index (χ1) is 14.7. The molecule has 0 aliphatic heterocycles. The van der Waals surface area contributed by atoms with Crippen molar-refractivity contribution in [2.75, 3.05) is 10.0 Å². The fourth-order valence-corrected chi connectivity index (χ4v) is 3.72. The van der Waals surface area contributed by atoms with E-state index in [0.29, 0.717) is 11.3 Å². The van der Waals surface area contributed by atoms with Crippen LogP contribution in [0.15, 0.2) is 77.7 Å². The second-order valence-corrected chi connectivity index (χ2v) is 8.07. The summed E-state index contributed by atoms with van der Waals surface area (Å²) in [6, 6.07) is 16.1. The van der Waals surface area contributed by atoms with Crippen LogP contribution < -0.4 is 14.8 Å². The molecule has 0 spiro atoms. The number of hydrogen-bond donors (Lipinski definition) is 2. The van der Waals surface area contributed by atoms with Gasteiger partial charge in [-0.3, -0.25) is 9.52 Å². The second kappa shape index (κ2) is 9.52. The summed E-state index contributed by atoms with van der Waals surface area (Å²) in [6.45, 7) is -2.97. The van der Waals surface area contributed by atoms with E-state index < -0.39 is 28.4 Å². The highest BCUT2D eigenvalue weighted by Gasteiger charge is 2.14. The summed E-state index contributed by atoms with van der Waals surface area (Å²) in [5.41, 5.74) is 1.17. The van der Waals surface area contributed by atoms with Gasteiger partial charge in [-0.1, -0.05) is 18.2 Å². The third-order valence-electron chi connectivity index (χ3n) is 4.04. The van der Waals surface area contributed by atoms with Gasteiger partial charge in [0.1, 0.15) is 11.6 Å². The highest BCUT2D eigenvalue weighted by Crippen LogP contribution is 2.20. The molecule has 0 heterocycles. The van der Waals surface area contributed by atoms with Crippen molar-refractivity contribution >= 4 is 27.3 Å². The highest BCUT2D eigenvalue weighted by atomic mass is 32.2. The van der Waals surface area contributed by atoms with Gasteiger partial charge in [-0.2, -0.15) is 8.78 Å². The molecular formula is C21H17F3N2O4S. The zero-order valence-corrected chi connectivity index (χ0v) is 16.7. The van der Waals surface area contributed by atoms with Crippen LogP contribution in [0.3, 0.4) is 0 Å². The molecule has 0 unspecified atom stereocenters. The van der Waals surface area contributed by atoms with E-state index >= 15 is 0 Å². The molecule has 3 aromatic rings. The van der Waals surface area contributed by atoms with E-state index in [1.807, 2.05) is 0 Å². The first-order valence-electron chi connectivity index (χ1n) is 8.93. The Labute approximate surface area is 176 Å². The van der Waals surface area contributed by atoms with Crippen LogP contribution in [0, 0.1) is 5.82 Å². The summed E-state index contributed by atoms with van der Waals surface area (Å²) >= 11 is 0. The summed E-state index contributed by atoms with van der Waals surface area (Å²) in [5.74, 6) is -1.02. The maximum atomic E-state index is 13.0. The number of halogens is 3. The second-order valence-electron chi connectivity index (χ2n) is 6.39. The van der Waals surface area contributed by atoms with E-state index in [9.17, 15) is 26.4 Å². The summed E-state index contributed by atoms with van der Waals surface area (Å²) in [4.78, 5) is 12.1. The van der Waals surface area contributed by atoms with Crippen LogP contribution in [0.5, 0.6) is 5.75 Å². The van der Waals surface area contributed by atoms with Gasteiger partial charge in [-0.15, -0.1) is 0 Å². The molecule has 10 heteroatoms. The van der Waals surface area contributed by atoms with Crippen molar-refractivity contribution in [2.45, 2.75) is 17.9 Å². The molecule has 0 aliphatic carbocycles. The Kier molecular flexibility index (Phi) is 6.81. The highest BCUT2D eigenvalue weighted by molar-refractivity contribution is 7.92. The van der Waals surface area contributed by atoms with E-state index in [0.717, 1.165) is 24.3 Å². The van der Waals surface area contributed by atoms with Crippen LogP contribution in [0.25, 0.3) is 0 Å². The number of carbonyl (C=O) groups excluding carboxylic acids is 1. The zero-order valence-electron chi connectivity index (χ0n) is 15.9. The third-order valence-corrected chi connectivity index (χ3v) is 5.43. The van der Waals surface area contributed by atoms with Crippen molar-refractivity contribution in [1.29, 1.82) is 0 Å². The van der Waals surface area contributed by atoms with Gasteiger partial charge in [0.25, 0.3) is 10.0 Å². The molecule has 6 nitrogen and oxygen atoms in total. The van der Waals surface area contributed by atoms with Gasteiger partial charge in [0.2, 0.25) is 5.91 Å². The maximum Gasteiger partial charge on any atom is 0.387 e. The van der Waals surface area contributed by atoms with Gasteiger partial charge >= 0.3 is 6.61 Å². The normalized spacial score (nSPS) is 11.2. The Morgan fingerprint density at radius 1 is 0.935 bits per heavy atom. The molecule has 0 aromatic heterocycles. The number of carbonyl (C=O) groups is 1. The molecule has 0 fully saturated rings. The number of sulfonamides is 1. The SMILES string of the molecule is O=C(Cc1ccc(NS(=O)(=O)c2ccc(F)cc2)cc1)Nc1cccc(OC(F)F)c1. The van der Waals surface area contributed by atoms with E-state index in [4.69, 9.17) is 0 Å². The fourth-order valence-electron chi connectivity index (χ4n) is 2.66. The number of hydrogen-bond acceptors (Lipinski definition) is 4.